The summed E-state index contributed by atoms with van der Waals surface area (Å²) >= 11 is 0. The Bertz CT molecular complexity index is 3950. The summed E-state index contributed by atoms with van der Waals surface area (Å²) in [5, 5.41) is 88.7. The molecule has 114 heavy (non-hydrogen) atoms. The maximum atomic E-state index is 14.8. The van der Waals surface area contributed by atoms with E-state index < -0.39 is 256 Å². The van der Waals surface area contributed by atoms with Crippen molar-refractivity contribution in [3.8, 4) is 0 Å². The number of esters is 1. The number of H-pyrrole nitrogens is 1. The molecule has 2 unspecified atom stereocenters. The Hall–Kier alpha value is -12.2. The molecule has 2 heterocycles. The Morgan fingerprint density at radius 2 is 1.10 bits per heavy atom. The lowest BCUT2D eigenvalue weighted by atomic mass is 9.95. The number of aliphatic carboxylic acids is 3. The van der Waals surface area contributed by atoms with E-state index in [0.717, 1.165) is 46.0 Å². The summed E-state index contributed by atoms with van der Waals surface area (Å²) in [7, 11) is 0. The van der Waals surface area contributed by atoms with Gasteiger partial charge in [-0.05, 0) is 62.4 Å². The molecule has 1 saturated heterocycles. The molecule has 1 aliphatic rings. The number of anilines is 1. The van der Waals surface area contributed by atoms with Crippen LogP contribution in [0.4, 0.5) is 5.69 Å². The number of ketones is 1. The van der Waals surface area contributed by atoms with Gasteiger partial charge in [-0.1, -0.05) is 82.7 Å². The van der Waals surface area contributed by atoms with Gasteiger partial charge < -0.3 is 127 Å². The Labute approximate surface area is 651 Å². The monoisotopic (exact) mass is 1610 g/mol. The number of hydrogen-bond donors (Lipinski definition) is 23. The van der Waals surface area contributed by atoms with Crippen LogP contribution in [0.1, 0.15) is 139 Å². The smallest absolute Gasteiger partial charge is 0.329 e. The van der Waals surface area contributed by atoms with Gasteiger partial charge in [0.15, 0.2) is 12.1 Å². The number of ether oxygens (including phenoxy) is 1. The summed E-state index contributed by atoms with van der Waals surface area (Å²) in [5.74, 6) is -27.8. The molecule has 0 radical (unpaired) electrons. The van der Waals surface area contributed by atoms with Crippen LogP contribution < -0.4 is 86.3 Å². The van der Waals surface area contributed by atoms with Crippen LogP contribution in [-0.4, -0.2) is 254 Å². The molecule has 0 spiro atoms. The van der Waals surface area contributed by atoms with E-state index in [1.165, 1.54) is 24.3 Å². The van der Waals surface area contributed by atoms with Crippen molar-refractivity contribution in [1.29, 1.82) is 0 Å². The second-order valence-electron chi connectivity index (χ2n) is 26.9. The van der Waals surface area contributed by atoms with Crippen molar-refractivity contribution in [3.63, 3.8) is 0 Å². The highest BCUT2D eigenvalue weighted by Crippen LogP contribution is 2.22. The van der Waals surface area contributed by atoms with E-state index in [2.05, 4.69) is 59.8 Å². The molecule has 0 saturated carbocycles. The van der Waals surface area contributed by atoms with Gasteiger partial charge in [-0.3, -0.25) is 86.3 Å². The number of rotatable bonds is 35. The maximum absolute atomic E-state index is 14.8. The van der Waals surface area contributed by atoms with Gasteiger partial charge in [0.05, 0.1) is 51.9 Å². The molecule has 12 atom stereocenters. The van der Waals surface area contributed by atoms with Crippen molar-refractivity contribution < 1.29 is 126 Å². The molecule has 43 nitrogen and oxygen atoms in total. The van der Waals surface area contributed by atoms with Crippen LogP contribution in [0.5, 0.6) is 0 Å². The van der Waals surface area contributed by atoms with Crippen molar-refractivity contribution in [2.45, 2.75) is 203 Å². The first-order valence-corrected chi connectivity index (χ1v) is 36.5. The summed E-state index contributed by atoms with van der Waals surface area (Å²) in [6, 6.07) is -8.51. The largest absolute Gasteiger partial charge is 0.481 e. The van der Waals surface area contributed by atoms with Crippen LogP contribution in [0.2, 0.25) is 0 Å². The molecule has 3 aromatic rings. The van der Waals surface area contributed by atoms with Crippen molar-refractivity contribution in [2.24, 2.45) is 17.4 Å². The lowest BCUT2D eigenvalue weighted by Crippen LogP contribution is -2.62. The van der Waals surface area contributed by atoms with Crippen LogP contribution in [-0.2, 0) is 97.5 Å². The molecule has 1 fully saturated rings. The van der Waals surface area contributed by atoms with Crippen molar-refractivity contribution in [3.05, 3.63) is 65.9 Å². The molecular weight excluding hydrogens is 1510 g/mol. The topological polar surface area (TPSA) is 705 Å². The number of amides is 14. The Kier molecular flexibility index (Phi) is 39.5. The first-order valence-electron chi connectivity index (χ1n) is 36.5. The van der Waals surface area contributed by atoms with Gasteiger partial charge in [0, 0.05) is 54.0 Å². The summed E-state index contributed by atoms with van der Waals surface area (Å²) in [4.78, 5) is 263. The number of para-hydroxylation sites is 2. The van der Waals surface area contributed by atoms with E-state index in [-0.39, 0.29) is 43.5 Å². The Morgan fingerprint density at radius 1 is 0.570 bits per heavy atom. The number of aliphatic hydroxyl groups is 3. The standard InChI is InChI=1S/C71H101N17O26/c1-4-5-6-7-8-9-10-21-52(92)80-43(24-37-30-75-41-19-14-12-16-38(37)41)65(107)83-44(26-51(74)91)66(108)85-47(29-59(102)103)67(109)88-61-36(3)114-71(113)48(25-50(90)39-17-11-13-18-40(39)73)86-70(112)60(35(2)23-56(96)97)87-68(110)49(34-89)82-55(95)32-76-62(104)45(27-57(98)99)81-54(94)31-77-63(105)46(28-58(100)101)84-64(106)42(20-15-22-72)79-53(93)33-78-69(61)111/h11-14,16-19,30,35-36,42-49,56,60-61,75,89,96-97H,4-10,15,20-29,31-34,72-73H2,1-3H3,(H2,74,91)(H,76,104)(H,77,105)(H,78,111)(H,79,93)(H,80,92)(H,81,94)(H,82,95)(H,83,107)(H,84,106)(H,85,108)(H,86,112)(H,87,110)(H,88,109)(H,98,99)(H,100,101)(H,102,103)/t35-,36-,42-,43-,44+,45-,46-,47-,48?,49+,60+,61?/m0/s1. The van der Waals surface area contributed by atoms with Gasteiger partial charge in [-0.25, -0.2) is 4.79 Å². The predicted molar refractivity (Wildman–Crippen MR) is 396 cm³/mol. The number of primary amides is 1. The molecule has 14 amide bonds. The lowest BCUT2D eigenvalue weighted by Gasteiger charge is -2.30. The maximum Gasteiger partial charge on any atom is 0.329 e. The van der Waals surface area contributed by atoms with Gasteiger partial charge in [-0.2, -0.15) is 0 Å². The minimum absolute atomic E-state index is 0.0158. The fourth-order valence-corrected chi connectivity index (χ4v) is 11.7. The van der Waals surface area contributed by atoms with Crippen LogP contribution in [0, 0.1) is 5.92 Å². The molecule has 26 N–H and O–H groups in total. The molecule has 43 heteroatoms. The quantitative estimate of drug-likeness (QED) is 0.00856. The second-order valence-corrected chi connectivity index (χ2v) is 26.9. The molecule has 2 aromatic carbocycles. The minimum atomic E-state index is -2.44. The van der Waals surface area contributed by atoms with Gasteiger partial charge in [0.25, 0.3) is 0 Å². The highest BCUT2D eigenvalue weighted by Gasteiger charge is 2.41. The Balaban J connectivity index is 1.86. The number of aliphatic hydroxyl groups excluding tert-OH is 2. The van der Waals surface area contributed by atoms with Crippen LogP contribution in [0.25, 0.3) is 10.9 Å². The van der Waals surface area contributed by atoms with Crippen molar-refractivity contribution in [1.82, 2.24) is 74.1 Å². The third kappa shape index (κ3) is 32.6. The zero-order chi connectivity index (χ0) is 84.9. The van der Waals surface area contributed by atoms with E-state index in [1.54, 1.807) is 30.5 Å². The van der Waals surface area contributed by atoms with Crippen molar-refractivity contribution in [2.75, 3.05) is 38.5 Å². The number of carboxylic acid groups (broad SMARTS) is 3. The fourth-order valence-electron chi connectivity index (χ4n) is 11.7. The number of unbranched alkanes of at least 4 members (excludes halogenated alkanes) is 6. The summed E-state index contributed by atoms with van der Waals surface area (Å²) in [5.41, 5.74) is 18.1. The van der Waals surface area contributed by atoms with Gasteiger partial charge >= 0.3 is 23.9 Å². The fraction of sp³-hybridized carbons (Fsp3) is 0.535. The van der Waals surface area contributed by atoms with Crippen molar-refractivity contribution >= 4 is 129 Å². The number of aromatic amines is 1. The first kappa shape index (κ1) is 94.1. The first-order chi connectivity index (χ1) is 53.9. The summed E-state index contributed by atoms with van der Waals surface area (Å²) < 4.78 is 5.69. The average Bonchev–Trinajstić information content (AvgIpc) is 1.66. The van der Waals surface area contributed by atoms with Crippen LogP contribution in [0.15, 0.2) is 54.7 Å². The molecule has 0 aliphatic carbocycles. The molecule has 4 rings (SSSR count). The normalized spacial score (nSPS) is 20.7. The van der Waals surface area contributed by atoms with Gasteiger partial charge in [-0.15, -0.1) is 0 Å². The number of hydrogen-bond acceptors (Lipinski definition) is 25. The number of carbonyl (C=O) groups excluding carboxylic acids is 16. The number of nitrogen functional groups attached to an aromatic ring is 1. The average molecular weight is 1610 g/mol. The van der Waals surface area contributed by atoms with Crippen LogP contribution >= 0.6 is 0 Å². The number of carboxylic acids is 3. The third-order valence-electron chi connectivity index (χ3n) is 17.6. The zero-order valence-corrected chi connectivity index (χ0v) is 62.8. The molecule has 1 aliphatic heterocycles. The summed E-state index contributed by atoms with van der Waals surface area (Å²) in [6.07, 6.45) is -4.28. The van der Waals surface area contributed by atoms with Crippen LogP contribution in [0.3, 0.4) is 0 Å². The number of aromatic nitrogens is 1. The highest BCUT2D eigenvalue weighted by molar-refractivity contribution is 6.05. The number of Topliss-reactive ketones (excluding diaryl/α,β-unsaturated/α-hetero) is 1. The predicted octanol–water partition coefficient (Wildman–Crippen LogP) is -6.78. The molecule has 1 aromatic heterocycles. The van der Waals surface area contributed by atoms with E-state index in [1.807, 2.05) is 21.3 Å². The lowest BCUT2D eigenvalue weighted by molar-refractivity contribution is -0.156. The third-order valence-corrected chi connectivity index (χ3v) is 17.6. The summed E-state index contributed by atoms with van der Waals surface area (Å²) in [6.45, 7) is -0.887. The number of fused-ring (bicyclic) bond motifs is 1. The number of nitrogens with two attached hydrogens (primary N) is 3. The molecule has 0 bridgehead atoms. The second kappa shape index (κ2) is 47.8. The molecular formula is C71H101N17O26. The Morgan fingerprint density at radius 3 is 1.67 bits per heavy atom. The van der Waals surface area contributed by atoms with Gasteiger partial charge in [0.1, 0.15) is 66.5 Å². The molecule has 626 valence electrons. The van der Waals surface area contributed by atoms with E-state index in [9.17, 15) is 122 Å². The van der Waals surface area contributed by atoms with E-state index in [0.29, 0.717) is 29.3 Å². The SMILES string of the molecule is CCCCCCCCCC(=O)N[C@@H](Cc1c[nH]c2ccccc12)C(=O)N[C@H](CC(N)=O)C(=O)N[C@@H](CC(=O)O)C(=O)NC1C(=O)NCC(=O)N[C@@H](CCCN)C(=O)N[C@@H](CC(=O)O)C(=O)NCC(=O)N[C@@H](CC(=O)O)C(=O)NCC(=O)N[C@H](CO)C(=O)N[C@H]([C@@H](C)CC(O)O)C(=O)NC(CC(=O)c2ccccc2N)C(=O)O[C@H]1C. The number of carbonyl (C=O) groups is 19. The van der Waals surface area contributed by atoms with Gasteiger partial charge in [0.2, 0.25) is 82.7 Å². The van der Waals surface area contributed by atoms with E-state index >= 15 is 0 Å². The van der Waals surface area contributed by atoms with E-state index in [4.69, 9.17) is 21.9 Å². The highest BCUT2D eigenvalue weighted by atomic mass is 16.5. The number of benzene rings is 2. The minimum Gasteiger partial charge on any atom is -0.481 e. The number of cyclic esters (lactones) is 1. The number of nitrogens with one attached hydrogen (secondary N) is 14. The zero-order valence-electron chi connectivity index (χ0n) is 62.8.